The summed E-state index contributed by atoms with van der Waals surface area (Å²) >= 11 is 5.97. The average Bonchev–Trinajstić information content (AvgIpc) is 2.26. The summed E-state index contributed by atoms with van der Waals surface area (Å²) in [6, 6.07) is 7.66. The highest BCUT2D eigenvalue weighted by atomic mass is 35.5. The van der Waals surface area contributed by atoms with Crippen LogP contribution in [-0.4, -0.2) is 16.1 Å². The van der Waals surface area contributed by atoms with Gasteiger partial charge < -0.3 is 5.11 Å². The van der Waals surface area contributed by atoms with Gasteiger partial charge in [-0.15, -0.1) is 0 Å². The van der Waals surface area contributed by atoms with Crippen LogP contribution in [0.2, 0.25) is 5.15 Å². The number of aryl methyl sites for hydroxylation is 1. The fourth-order valence-corrected chi connectivity index (χ4v) is 1.78. The van der Waals surface area contributed by atoms with Gasteiger partial charge in [-0.1, -0.05) is 23.2 Å². The standard InChI is InChI=1S/C13H10ClNO2/c1-8-2-4-11-10(6-8)7-9(13(14)15-11)3-5-12(16)17/h2-7H,1H3,(H,16,17). The van der Waals surface area contributed by atoms with Gasteiger partial charge in [0.1, 0.15) is 5.15 Å². The molecular weight excluding hydrogens is 238 g/mol. The monoisotopic (exact) mass is 247 g/mol. The van der Waals surface area contributed by atoms with Crippen LogP contribution in [-0.2, 0) is 4.79 Å². The fourth-order valence-electron chi connectivity index (χ4n) is 1.57. The predicted octanol–water partition coefficient (Wildman–Crippen LogP) is 3.29. The number of carboxylic acid groups (broad SMARTS) is 1. The third-order valence-corrected chi connectivity index (χ3v) is 2.66. The van der Waals surface area contributed by atoms with Crippen molar-refractivity contribution in [1.82, 2.24) is 4.98 Å². The molecule has 0 spiro atoms. The number of hydrogen-bond acceptors (Lipinski definition) is 2. The van der Waals surface area contributed by atoms with Crippen molar-refractivity contribution in [3.8, 4) is 0 Å². The van der Waals surface area contributed by atoms with Crippen LogP contribution in [0.5, 0.6) is 0 Å². The Bertz CT molecular complexity index is 620. The summed E-state index contributed by atoms with van der Waals surface area (Å²) in [6.45, 7) is 1.99. The lowest BCUT2D eigenvalue weighted by Gasteiger charge is -2.02. The minimum Gasteiger partial charge on any atom is -0.478 e. The third-order valence-electron chi connectivity index (χ3n) is 2.36. The third kappa shape index (κ3) is 2.63. The van der Waals surface area contributed by atoms with Crippen LogP contribution in [0.4, 0.5) is 0 Å². The van der Waals surface area contributed by atoms with Crippen LogP contribution in [0.25, 0.3) is 17.0 Å². The topological polar surface area (TPSA) is 50.2 Å². The van der Waals surface area contributed by atoms with Crippen molar-refractivity contribution in [3.05, 3.63) is 46.6 Å². The predicted molar refractivity (Wildman–Crippen MR) is 68.2 cm³/mol. The number of hydrogen-bond donors (Lipinski definition) is 1. The molecule has 1 aromatic heterocycles. The Labute approximate surface area is 103 Å². The van der Waals surface area contributed by atoms with E-state index in [0.29, 0.717) is 10.7 Å². The lowest BCUT2D eigenvalue weighted by molar-refractivity contribution is -0.131. The molecule has 0 fully saturated rings. The van der Waals surface area contributed by atoms with Crippen LogP contribution in [0.3, 0.4) is 0 Å². The highest BCUT2D eigenvalue weighted by Gasteiger charge is 2.03. The molecule has 4 heteroatoms. The number of halogens is 1. The van der Waals surface area contributed by atoms with E-state index in [1.165, 1.54) is 6.08 Å². The summed E-state index contributed by atoms with van der Waals surface area (Å²) in [6.07, 6.45) is 2.49. The quantitative estimate of drug-likeness (QED) is 0.654. The maximum Gasteiger partial charge on any atom is 0.328 e. The summed E-state index contributed by atoms with van der Waals surface area (Å²) in [4.78, 5) is 14.7. The van der Waals surface area contributed by atoms with Crippen molar-refractivity contribution >= 4 is 34.5 Å². The fraction of sp³-hybridized carbons (Fsp3) is 0.0769. The number of benzene rings is 1. The number of nitrogens with zero attached hydrogens (tertiary/aromatic N) is 1. The zero-order chi connectivity index (χ0) is 12.4. The first-order valence-corrected chi connectivity index (χ1v) is 5.42. The van der Waals surface area contributed by atoms with Crippen LogP contribution in [0, 0.1) is 6.92 Å². The van der Waals surface area contributed by atoms with Gasteiger partial charge in [0, 0.05) is 17.0 Å². The van der Waals surface area contributed by atoms with E-state index in [1.807, 2.05) is 31.2 Å². The van der Waals surface area contributed by atoms with Crippen molar-refractivity contribution < 1.29 is 9.90 Å². The molecule has 1 N–H and O–H groups in total. The number of aromatic nitrogens is 1. The smallest absolute Gasteiger partial charge is 0.328 e. The van der Waals surface area contributed by atoms with Gasteiger partial charge in [-0.05, 0) is 31.2 Å². The lowest BCUT2D eigenvalue weighted by atomic mass is 10.1. The molecule has 0 radical (unpaired) electrons. The largest absolute Gasteiger partial charge is 0.478 e. The minimum atomic E-state index is -1.01. The van der Waals surface area contributed by atoms with Gasteiger partial charge in [0.05, 0.1) is 5.52 Å². The molecule has 0 atom stereocenters. The molecule has 0 saturated carbocycles. The molecule has 1 aromatic carbocycles. The zero-order valence-electron chi connectivity index (χ0n) is 9.14. The second kappa shape index (κ2) is 4.55. The Morgan fingerprint density at radius 2 is 2.18 bits per heavy atom. The first-order valence-electron chi connectivity index (χ1n) is 5.04. The molecule has 0 aliphatic heterocycles. The first kappa shape index (κ1) is 11.6. The summed E-state index contributed by atoms with van der Waals surface area (Å²) < 4.78 is 0. The van der Waals surface area contributed by atoms with Crippen LogP contribution < -0.4 is 0 Å². The molecule has 0 bridgehead atoms. The van der Waals surface area contributed by atoms with E-state index < -0.39 is 5.97 Å². The highest BCUT2D eigenvalue weighted by Crippen LogP contribution is 2.22. The molecule has 3 nitrogen and oxygen atoms in total. The first-order chi connectivity index (χ1) is 8.06. The summed E-state index contributed by atoms with van der Waals surface area (Å²) in [5, 5.41) is 9.82. The molecular formula is C13H10ClNO2. The second-order valence-corrected chi connectivity index (χ2v) is 4.09. The summed E-state index contributed by atoms with van der Waals surface area (Å²) in [7, 11) is 0. The molecule has 0 amide bonds. The van der Waals surface area contributed by atoms with Crippen LogP contribution in [0.15, 0.2) is 30.3 Å². The second-order valence-electron chi connectivity index (χ2n) is 3.74. The maximum absolute atomic E-state index is 10.5. The number of carboxylic acids is 1. The van der Waals surface area contributed by atoms with Gasteiger partial charge in [0.15, 0.2) is 0 Å². The van der Waals surface area contributed by atoms with Gasteiger partial charge in [0.2, 0.25) is 0 Å². The number of rotatable bonds is 2. The maximum atomic E-state index is 10.5. The molecule has 0 aliphatic carbocycles. The van der Waals surface area contributed by atoms with Gasteiger partial charge in [-0.2, -0.15) is 0 Å². The lowest BCUT2D eigenvalue weighted by Crippen LogP contribution is -1.88. The SMILES string of the molecule is Cc1ccc2nc(Cl)c(C=CC(=O)O)cc2c1. The van der Waals surface area contributed by atoms with Crippen molar-refractivity contribution in [1.29, 1.82) is 0 Å². The van der Waals surface area contributed by atoms with E-state index in [1.54, 1.807) is 0 Å². The molecule has 2 aromatic rings. The van der Waals surface area contributed by atoms with E-state index in [2.05, 4.69) is 4.98 Å². The van der Waals surface area contributed by atoms with E-state index in [9.17, 15) is 4.79 Å². The number of pyridine rings is 1. The van der Waals surface area contributed by atoms with E-state index >= 15 is 0 Å². The van der Waals surface area contributed by atoms with Gasteiger partial charge in [-0.3, -0.25) is 0 Å². The molecule has 2 rings (SSSR count). The normalized spacial score (nSPS) is 11.2. The van der Waals surface area contributed by atoms with Crippen molar-refractivity contribution in [2.24, 2.45) is 0 Å². The summed E-state index contributed by atoms with van der Waals surface area (Å²) in [5.74, 6) is -1.01. The Morgan fingerprint density at radius 1 is 1.41 bits per heavy atom. The number of carbonyl (C=O) groups is 1. The Balaban J connectivity index is 2.57. The average molecular weight is 248 g/mol. The molecule has 1 heterocycles. The molecule has 17 heavy (non-hydrogen) atoms. The molecule has 0 saturated heterocycles. The molecule has 0 unspecified atom stereocenters. The van der Waals surface area contributed by atoms with Gasteiger partial charge in [0.25, 0.3) is 0 Å². The minimum absolute atomic E-state index is 0.304. The van der Waals surface area contributed by atoms with Crippen molar-refractivity contribution in [2.75, 3.05) is 0 Å². The molecule has 0 aliphatic rings. The van der Waals surface area contributed by atoms with Crippen molar-refractivity contribution in [3.63, 3.8) is 0 Å². The highest BCUT2D eigenvalue weighted by molar-refractivity contribution is 6.31. The Hall–Kier alpha value is -1.87. The van der Waals surface area contributed by atoms with E-state index in [4.69, 9.17) is 16.7 Å². The van der Waals surface area contributed by atoms with Crippen LogP contribution in [0.1, 0.15) is 11.1 Å². The van der Waals surface area contributed by atoms with E-state index in [-0.39, 0.29) is 0 Å². The number of fused-ring (bicyclic) bond motifs is 1. The Morgan fingerprint density at radius 3 is 2.88 bits per heavy atom. The number of aliphatic carboxylic acids is 1. The van der Waals surface area contributed by atoms with Crippen molar-refractivity contribution in [2.45, 2.75) is 6.92 Å². The molecule has 86 valence electrons. The van der Waals surface area contributed by atoms with Crippen LogP contribution >= 0.6 is 11.6 Å². The van der Waals surface area contributed by atoms with Gasteiger partial charge in [-0.25, -0.2) is 9.78 Å². The van der Waals surface area contributed by atoms with E-state index in [0.717, 1.165) is 22.5 Å². The zero-order valence-corrected chi connectivity index (χ0v) is 9.90. The summed E-state index contributed by atoms with van der Waals surface area (Å²) in [5.41, 5.74) is 2.52. The Kier molecular flexibility index (Phi) is 3.11. The van der Waals surface area contributed by atoms with Gasteiger partial charge >= 0.3 is 5.97 Å².